The predicted molar refractivity (Wildman–Crippen MR) is 118 cm³/mol. The summed E-state index contributed by atoms with van der Waals surface area (Å²) in [7, 11) is 0. The highest BCUT2D eigenvalue weighted by Gasteiger charge is 2.31. The quantitative estimate of drug-likeness (QED) is 0.697. The molecule has 0 aliphatic carbocycles. The molecule has 0 aromatic heterocycles. The number of piperidine rings is 1. The number of fused-ring (bicyclic) bond motifs is 2. The Morgan fingerprint density at radius 3 is 2.31 bits per heavy atom. The summed E-state index contributed by atoms with van der Waals surface area (Å²) in [5, 5.41) is 0. The second-order valence-corrected chi connectivity index (χ2v) is 8.30. The molecule has 2 aliphatic rings. The number of ether oxygens (including phenoxy) is 1. The Kier molecular flexibility index (Phi) is 6.19. The van der Waals surface area contributed by atoms with Gasteiger partial charge in [0.25, 0.3) is 0 Å². The van der Waals surface area contributed by atoms with Crippen LogP contribution in [-0.4, -0.2) is 43.2 Å². The number of rotatable bonds is 5. The van der Waals surface area contributed by atoms with Crippen LogP contribution in [0.3, 0.4) is 0 Å². The Balaban J connectivity index is 1.56. The molecule has 2 aromatic rings. The molecule has 2 aromatic carbocycles. The fraction of sp³-hybridized carbons (Fsp3) is 0.480. The van der Waals surface area contributed by atoms with Gasteiger partial charge in [-0.3, -0.25) is 9.69 Å². The van der Waals surface area contributed by atoms with E-state index in [4.69, 9.17) is 4.74 Å². The fourth-order valence-corrected chi connectivity index (χ4v) is 4.81. The van der Waals surface area contributed by atoms with Crippen molar-refractivity contribution in [3.63, 3.8) is 0 Å². The van der Waals surface area contributed by atoms with Crippen molar-refractivity contribution in [2.45, 2.75) is 45.6 Å². The summed E-state index contributed by atoms with van der Waals surface area (Å²) in [6.45, 7) is 7.42. The summed E-state index contributed by atoms with van der Waals surface area (Å²) >= 11 is 0. The molecule has 0 amide bonds. The van der Waals surface area contributed by atoms with E-state index in [0.717, 1.165) is 45.3 Å². The number of carbonyl (C=O) groups is 1. The van der Waals surface area contributed by atoms with E-state index in [1.807, 2.05) is 6.92 Å². The summed E-state index contributed by atoms with van der Waals surface area (Å²) in [4.78, 5) is 17.2. The van der Waals surface area contributed by atoms with E-state index in [-0.39, 0.29) is 11.9 Å². The number of para-hydroxylation sites is 2. The lowest BCUT2D eigenvalue weighted by Gasteiger charge is -2.39. The highest BCUT2D eigenvalue weighted by Crippen LogP contribution is 2.36. The molecule has 0 saturated carbocycles. The van der Waals surface area contributed by atoms with Gasteiger partial charge in [0.1, 0.15) is 0 Å². The van der Waals surface area contributed by atoms with Gasteiger partial charge < -0.3 is 9.64 Å². The topological polar surface area (TPSA) is 32.8 Å². The highest BCUT2D eigenvalue weighted by molar-refractivity contribution is 5.73. The van der Waals surface area contributed by atoms with E-state index in [2.05, 4.69) is 65.3 Å². The summed E-state index contributed by atoms with van der Waals surface area (Å²) in [6.07, 6.45) is 4.15. The average molecular weight is 393 g/mol. The standard InChI is InChI=1S/C25H32N2O2/c1-3-29-25(28)22-11-8-16-26(18-22)19(2)17-27-23-12-6-4-9-20(23)14-15-21-10-5-7-13-24(21)27/h4-7,9-10,12-13,19,22H,3,8,11,14-18H2,1-2H3/t19-,22?/m1/s1. The van der Waals surface area contributed by atoms with Gasteiger partial charge in [0, 0.05) is 30.5 Å². The number of esters is 1. The van der Waals surface area contributed by atoms with Crippen LogP contribution < -0.4 is 4.90 Å². The molecule has 1 fully saturated rings. The molecule has 1 saturated heterocycles. The molecule has 2 atom stereocenters. The maximum absolute atomic E-state index is 12.3. The third-order valence-electron chi connectivity index (χ3n) is 6.37. The van der Waals surface area contributed by atoms with Gasteiger partial charge in [0.05, 0.1) is 12.5 Å². The molecule has 4 nitrogen and oxygen atoms in total. The zero-order chi connectivity index (χ0) is 20.2. The van der Waals surface area contributed by atoms with Gasteiger partial charge >= 0.3 is 5.97 Å². The van der Waals surface area contributed by atoms with Crippen LogP contribution in [0, 0.1) is 5.92 Å². The van der Waals surface area contributed by atoms with Crippen LogP contribution >= 0.6 is 0 Å². The Morgan fingerprint density at radius 1 is 1.07 bits per heavy atom. The van der Waals surface area contributed by atoms with Crippen molar-refractivity contribution < 1.29 is 9.53 Å². The summed E-state index contributed by atoms with van der Waals surface area (Å²) < 4.78 is 5.29. The molecule has 2 aliphatic heterocycles. The van der Waals surface area contributed by atoms with Crippen molar-refractivity contribution in [2.24, 2.45) is 5.92 Å². The molecule has 1 unspecified atom stereocenters. The minimum atomic E-state index is -0.0325. The first-order valence-electron chi connectivity index (χ1n) is 11.0. The second kappa shape index (κ2) is 9.00. The monoisotopic (exact) mass is 392 g/mol. The van der Waals surface area contributed by atoms with E-state index in [1.165, 1.54) is 22.5 Å². The number of hydrogen-bond acceptors (Lipinski definition) is 4. The zero-order valence-corrected chi connectivity index (χ0v) is 17.6. The molecular formula is C25H32N2O2. The molecule has 0 bridgehead atoms. The lowest BCUT2D eigenvalue weighted by molar-refractivity contribution is -0.150. The van der Waals surface area contributed by atoms with Crippen LogP contribution in [0.15, 0.2) is 48.5 Å². The number of likely N-dealkylation sites (tertiary alicyclic amines) is 1. The number of aryl methyl sites for hydroxylation is 2. The number of benzene rings is 2. The van der Waals surface area contributed by atoms with E-state index < -0.39 is 0 Å². The largest absolute Gasteiger partial charge is 0.466 e. The third kappa shape index (κ3) is 4.32. The van der Waals surface area contributed by atoms with Gasteiger partial charge in [0.2, 0.25) is 0 Å². The van der Waals surface area contributed by atoms with Gasteiger partial charge in [-0.1, -0.05) is 36.4 Å². The molecule has 29 heavy (non-hydrogen) atoms. The molecule has 154 valence electrons. The van der Waals surface area contributed by atoms with Gasteiger partial charge in [-0.2, -0.15) is 0 Å². The first-order chi connectivity index (χ1) is 14.2. The van der Waals surface area contributed by atoms with Crippen LogP contribution in [0.5, 0.6) is 0 Å². The average Bonchev–Trinajstić information content (AvgIpc) is 2.91. The maximum Gasteiger partial charge on any atom is 0.310 e. The van der Waals surface area contributed by atoms with Crippen molar-refractivity contribution in [3.05, 3.63) is 59.7 Å². The molecule has 0 spiro atoms. The van der Waals surface area contributed by atoms with Crippen molar-refractivity contribution in [3.8, 4) is 0 Å². The highest BCUT2D eigenvalue weighted by atomic mass is 16.5. The van der Waals surface area contributed by atoms with Gasteiger partial charge in [-0.25, -0.2) is 0 Å². The van der Waals surface area contributed by atoms with Crippen molar-refractivity contribution in [2.75, 3.05) is 31.1 Å². The molecule has 0 radical (unpaired) electrons. The van der Waals surface area contributed by atoms with Crippen molar-refractivity contribution >= 4 is 17.3 Å². The third-order valence-corrected chi connectivity index (χ3v) is 6.37. The minimum Gasteiger partial charge on any atom is -0.466 e. The number of hydrogen-bond donors (Lipinski definition) is 0. The van der Waals surface area contributed by atoms with Crippen LogP contribution in [0.1, 0.15) is 37.8 Å². The number of nitrogens with zero attached hydrogens (tertiary/aromatic N) is 2. The van der Waals surface area contributed by atoms with Crippen LogP contribution in [-0.2, 0) is 22.4 Å². The van der Waals surface area contributed by atoms with Crippen molar-refractivity contribution in [1.29, 1.82) is 0 Å². The smallest absolute Gasteiger partial charge is 0.310 e. The maximum atomic E-state index is 12.3. The van der Waals surface area contributed by atoms with E-state index in [1.54, 1.807) is 0 Å². The normalized spacial score (nSPS) is 20.3. The first-order valence-corrected chi connectivity index (χ1v) is 11.0. The van der Waals surface area contributed by atoms with Crippen LogP contribution in [0.25, 0.3) is 0 Å². The van der Waals surface area contributed by atoms with Gasteiger partial charge in [-0.15, -0.1) is 0 Å². The lowest BCUT2D eigenvalue weighted by Crippen LogP contribution is -2.47. The number of anilines is 2. The Morgan fingerprint density at radius 2 is 1.69 bits per heavy atom. The van der Waals surface area contributed by atoms with Gasteiger partial charge in [0.15, 0.2) is 0 Å². The summed E-state index contributed by atoms with van der Waals surface area (Å²) in [5.74, 6) is -0.0234. The molecule has 4 heteroatoms. The zero-order valence-electron chi connectivity index (χ0n) is 17.6. The second-order valence-electron chi connectivity index (χ2n) is 8.30. The van der Waals surface area contributed by atoms with Crippen LogP contribution in [0.4, 0.5) is 11.4 Å². The predicted octanol–water partition coefficient (Wildman–Crippen LogP) is 4.59. The molecule has 4 rings (SSSR count). The first kappa shape index (κ1) is 20.0. The SMILES string of the molecule is CCOC(=O)C1CCCN([C@H](C)CN2c3ccccc3CCc3ccccc32)C1. The number of carbonyl (C=O) groups excluding carboxylic acids is 1. The lowest BCUT2D eigenvalue weighted by atomic mass is 9.96. The van der Waals surface area contributed by atoms with Gasteiger partial charge in [-0.05, 0) is 69.3 Å². The molecule has 2 heterocycles. The van der Waals surface area contributed by atoms with Crippen LogP contribution in [0.2, 0.25) is 0 Å². The Bertz CT molecular complexity index is 803. The Hall–Kier alpha value is -2.33. The fourth-order valence-electron chi connectivity index (χ4n) is 4.81. The molecular weight excluding hydrogens is 360 g/mol. The minimum absolute atomic E-state index is 0.00913. The summed E-state index contributed by atoms with van der Waals surface area (Å²) in [6, 6.07) is 17.9. The molecule has 0 N–H and O–H groups in total. The van der Waals surface area contributed by atoms with Crippen molar-refractivity contribution in [1.82, 2.24) is 4.90 Å². The Labute approximate surface area is 174 Å². The summed E-state index contributed by atoms with van der Waals surface area (Å²) in [5.41, 5.74) is 5.48. The van der Waals surface area contributed by atoms with E-state index in [0.29, 0.717) is 12.6 Å². The van der Waals surface area contributed by atoms with E-state index in [9.17, 15) is 4.79 Å². The van der Waals surface area contributed by atoms with E-state index >= 15 is 0 Å².